The molecule has 2 aromatic heterocycles. The van der Waals surface area contributed by atoms with Crippen LogP contribution in [-0.4, -0.2) is 44.8 Å². The van der Waals surface area contributed by atoms with E-state index in [0.29, 0.717) is 0 Å². The number of fused-ring (bicyclic) bond motifs is 1. The molecule has 0 spiro atoms. The number of pyridine rings is 1. The number of halogens is 1. The van der Waals surface area contributed by atoms with Crippen molar-refractivity contribution in [3.05, 3.63) is 42.0 Å². The van der Waals surface area contributed by atoms with Crippen LogP contribution in [0.4, 0.5) is 4.39 Å². The molecule has 0 saturated heterocycles. The Balaban J connectivity index is 1.57. The summed E-state index contributed by atoms with van der Waals surface area (Å²) in [6.07, 6.45) is 3.97. The van der Waals surface area contributed by atoms with Crippen molar-refractivity contribution in [1.82, 2.24) is 30.0 Å². The van der Waals surface area contributed by atoms with E-state index < -0.39 is 0 Å². The zero-order chi connectivity index (χ0) is 14.7. The van der Waals surface area contributed by atoms with Gasteiger partial charge in [-0.2, -0.15) is 0 Å². The Labute approximate surface area is 123 Å². The quantitative estimate of drug-likeness (QED) is 0.889. The number of nitrogens with zero attached hydrogens (tertiary/aromatic N) is 5. The van der Waals surface area contributed by atoms with Crippen LogP contribution in [0.1, 0.15) is 24.0 Å². The van der Waals surface area contributed by atoms with Crippen LogP contribution in [0, 0.1) is 5.82 Å². The molecule has 6 nitrogen and oxygen atoms in total. The molecule has 112 valence electrons. The van der Waals surface area contributed by atoms with Crippen LogP contribution in [0.5, 0.6) is 0 Å². The fraction of sp³-hybridized carbons (Fsp3) is 0.500. The summed E-state index contributed by atoms with van der Waals surface area (Å²) in [7, 11) is 1.91. The lowest BCUT2D eigenvalue weighted by atomic mass is 10.1. The second-order valence-electron chi connectivity index (χ2n) is 5.25. The summed E-state index contributed by atoms with van der Waals surface area (Å²) in [5, 5.41) is 11.3. The number of aromatic nitrogens is 4. The fourth-order valence-electron chi connectivity index (χ4n) is 2.65. The van der Waals surface area contributed by atoms with Crippen molar-refractivity contribution in [2.75, 3.05) is 20.1 Å². The predicted octanol–water partition coefficient (Wildman–Crippen LogP) is 0.979. The lowest BCUT2D eigenvalue weighted by Crippen LogP contribution is -2.35. The Morgan fingerprint density at radius 3 is 3.05 bits per heavy atom. The Kier molecular flexibility index (Phi) is 4.21. The minimum atomic E-state index is -0.302. The van der Waals surface area contributed by atoms with Crippen molar-refractivity contribution in [3.8, 4) is 0 Å². The van der Waals surface area contributed by atoms with Crippen molar-refractivity contribution in [1.29, 1.82) is 0 Å². The summed E-state index contributed by atoms with van der Waals surface area (Å²) in [4.78, 5) is 6.52. The highest BCUT2D eigenvalue weighted by molar-refractivity contribution is 5.09. The summed E-state index contributed by atoms with van der Waals surface area (Å²) in [6, 6.07) is 3.32. The van der Waals surface area contributed by atoms with Gasteiger partial charge in [0.25, 0.3) is 0 Å². The van der Waals surface area contributed by atoms with E-state index >= 15 is 0 Å². The maximum Gasteiger partial charge on any atom is 0.147 e. The van der Waals surface area contributed by atoms with E-state index in [1.54, 1.807) is 12.4 Å². The van der Waals surface area contributed by atoms with Gasteiger partial charge in [-0.3, -0.25) is 9.88 Å². The molecule has 7 heteroatoms. The monoisotopic (exact) mass is 290 g/mol. The second kappa shape index (κ2) is 6.28. The molecule has 3 heterocycles. The normalized spacial score (nSPS) is 16.7. The maximum absolute atomic E-state index is 12.9. The van der Waals surface area contributed by atoms with Crippen molar-refractivity contribution in [2.24, 2.45) is 0 Å². The predicted molar refractivity (Wildman–Crippen MR) is 75.9 cm³/mol. The Morgan fingerprint density at radius 2 is 2.29 bits per heavy atom. The van der Waals surface area contributed by atoms with Gasteiger partial charge in [0.05, 0.1) is 24.5 Å². The first kappa shape index (κ1) is 14.1. The smallest absolute Gasteiger partial charge is 0.147 e. The highest BCUT2D eigenvalue weighted by Crippen LogP contribution is 2.17. The van der Waals surface area contributed by atoms with Crippen molar-refractivity contribution < 1.29 is 4.39 Å². The van der Waals surface area contributed by atoms with E-state index in [2.05, 4.69) is 30.0 Å². The van der Waals surface area contributed by atoms with Crippen LogP contribution in [0.3, 0.4) is 0 Å². The van der Waals surface area contributed by atoms with Gasteiger partial charge in [-0.15, -0.1) is 10.2 Å². The SMILES string of the molecule is CNC(CCN1CCn2cnnc2C1)c1ccc(F)cn1. The molecule has 1 aliphatic heterocycles. The van der Waals surface area contributed by atoms with E-state index in [-0.39, 0.29) is 11.9 Å². The largest absolute Gasteiger partial charge is 0.315 e. The molecule has 2 aromatic rings. The molecule has 0 bridgehead atoms. The minimum absolute atomic E-state index is 0.130. The van der Waals surface area contributed by atoms with E-state index in [1.807, 2.05) is 7.05 Å². The van der Waals surface area contributed by atoms with E-state index in [0.717, 1.165) is 44.1 Å². The first-order valence-electron chi connectivity index (χ1n) is 7.14. The zero-order valence-corrected chi connectivity index (χ0v) is 12.0. The van der Waals surface area contributed by atoms with Crippen LogP contribution in [0.15, 0.2) is 24.7 Å². The number of hydrogen-bond acceptors (Lipinski definition) is 5. The molecule has 1 unspecified atom stereocenters. The highest BCUT2D eigenvalue weighted by atomic mass is 19.1. The molecule has 0 radical (unpaired) electrons. The average Bonchev–Trinajstić information content (AvgIpc) is 2.97. The molecular weight excluding hydrogens is 271 g/mol. The van der Waals surface area contributed by atoms with Gasteiger partial charge in [0.15, 0.2) is 0 Å². The summed E-state index contributed by atoms with van der Waals surface area (Å²) in [6.45, 7) is 3.70. The van der Waals surface area contributed by atoms with Gasteiger partial charge in [0, 0.05) is 19.6 Å². The Bertz CT molecular complexity index is 581. The van der Waals surface area contributed by atoms with Crippen molar-refractivity contribution in [3.63, 3.8) is 0 Å². The summed E-state index contributed by atoms with van der Waals surface area (Å²) in [5.74, 6) is 0.714. The van der Waals surface area contributed by atoms with Crippen LogP contribution in [0.2, 0.25) is 0 Å². The van der Waals surface area contributed by atoms with Gasteiger partial charge in [0.1, 0.15) is 18.0 Å². The van der Waals surface area contributed by atoms with Crippen molar-refractivity contribution in [2.45, 2.75) is 25.6 Å². The van der Waals surface area contributed by atoms with Crippen molar-refractivity contribution >= 4 is 0 Å². The van der Waals surface area contributed by atoms with Gasteiger partial charge in [-0.1, -0.05) is 0 Å². The first-order valence-corrected chi connectivity index (χ1v) is 7.14. The molecule has 0 saturated carbocycles. The Hall–Kier alpha value is -1.86. The summed E-state index contributed by atoms with van der Waals surface area (Å²) >= 11 is 0. The molecule has 0 amide bonds. The summed E-state index contributed by atoms with van der Waals surface area (Å²) < 4.78 is 15.0. The molecular formula is C14H19FN6. The van der Waals surface area contributed by atoms with Gasteiger partial charge in [-0.05, 0) is 25.6 Å². The molecule has 0 aliphatic carbocycles. The third kappa shape index (κ3) is 3.25. The molecule has 1 aliphatic rings. The zero-order valence-electron chi connectivity index (χ0n) is 12.0. The highest BCUT2D eigenvalue weighted by Gasteiger charge is 2.19. The second-order valence-corrected chi connectivity index (χ2v) is 5.25. The first-order chi connectivity index (χ1) is 10.3. The number of hydrogen-bond donors (Lipinski definition) is 1. The maximum atomic E-state index is 12.9. The lowest BCUT2D eigenvalue weighted by Gasteiger charge is -2.28. The summed E-state index contributed by atoms with van der Waals surface area (Å²) in [5.41, 5.74) is 0.874. The molecule has 3 rings (SSSR count). The van der Waals surface area contributed by atoms with Crippen LogP contribution >= 0.6 is 0 Å². The third-order valence-electron chi connectivity index (χ3n) is 3.91. The molecule has 0 aromatic carbocycles. The molecule has 0 fully saturated rings. The third-order valence-corrected chi connectivity index (χ3v) is 3.91. The fourth-order valence-corrected chi connectivity index (χ4v) is 2.65. The van der Waals surface area contributed by atoms with Crippen LogP contribution < -0.4 is 5.32 Å². The van der Waals surface area contributed by atoms with Gasteiger partial charge >= 0.3 is 0 Å². The molecule has 21 heavy (non-hydrogen) atoms. The molecule has 1 atom stereocenters. The van der Waals surface area contributed by atoms with Gasteiger partial charge < -0.3 is 9.88 Å². The number of nitrogens with one attached hydrogen (secondary N) is 1. The van der Waals surface area contributed by atoms with E-state index in [4.69, 9.17) is 0 Å². The topological polar surface area (TPSA) is 58.9 Å². The molecule has 1 N–H and O–H groups in total. The van der Waals surface area contributed by atoms with Crippen LogP contribution in [-0.2, 0) is 13.1 Å². The van der Waals surface area contributed by atoms with Gasteiger partial charge in [0.2, 0.25) is 0 Å². The minimum Gasteiger partial charge on any atom is -0.315 e. The lowest BCUT2D eigenvalue weighted by molar-refractivity contribution is 0.206. The standard InChI is InChI=1S/C14H19FN6/c1-16-12(13-3-2-11(15)8-17-13)4-5-20-6-7-21-10-18-19-14(21)9-20/h2-3,8,10,12,16H,4-7,9H2,1H3. The van der Waals surface area contributed by atoms with Gasteiger partial charge in [-0.25, -0.2) is 4.39 Å². The van der Waals surface area contributed by atoms with E-state index in [1.165, 1.54) is 12.3 Å². The average molecular weight is 290 g/mol. The van der Waals surface area contributed by atoms with Crippen LogP contribution in [0.25, 0.3) is 0 Å². The Morgan fingerprint density at radius 1 is 1.38 bits per heavy atom. The number of rotatable bonds is 5. The van der Waals surface area contributed by atoms with E-state index in [9.17, 15) is 4.39 Å².